The molecule has 2 fully saturated rings. The Morgan fingerprint density at radius 3 is 2.14 bits per heavy atom. The molecule has 152 valence electrons. The summed E-state index contributed by atoms with van der Waals surface area (Å²) in [5.41, 5.74) is 1.49. The summed E-state index contributed by atoms with van der Waals surface area (Å²) in [6, 6.07) is 15.1. The molecular weight excluding hydrogens is 390 g/mol. The van der Waals surface area contributed by atoms with Crippen molar-refractivity contribution in [2.24, 2.45) is 0 Å². The lowest BCUT2D eigenvalue weighted by atomic mass is 10.1. The number of rotatable bonds is 4. The zero-order chi connectivity index (χ0) is 20.6. The predicted molar refractivity (Wildman–Crippen MR) is 109 cm³/mol. The third-order valence-corrected chi connectivity index (χ3v) is 7.49. The molecule has 0 aromatic heterocycles. The van der Waals surface area contributed by atoms with Gasteiger partial charge in [-0.05, 0) is 30.7 Å². The van der Waals surface area contributed by atoms with E-state index in [2.05, 4.69) is 0 Å². The monoisotopic (exact) mass is 413 g/mol. The van der Waals surface area contributed by atoms with Gasteiger partial charge in [-0.15, -0.1) is 0 Å². The molecule has 2 saturated heterocycles. The first-order chi connectivity index (χ1) is 13.9. The number of carbonyl (C=O) groups is 2. The van der Waals surface area contributed by atoms with Crippen molar-refractivity contribution < 1.29 is 18.0 Å². The summed E-state index contributed by atoms with van der Waals surface area (Å²) in [6.45, 7) is 3.28. The van der Waals surface area contributed by atoms with Crippen LogP contribution in [0, 0.1) is 6.92 Å². The van der Waals surface area contributed by atoms with Gasteiger partial charge < -0.3 is 0 Å². The zero-order valence-electron chi connectivity index (χ0n) is 16.2. The second-order valence-electron chi connectivity index (χ2n) is 7.33. The van der Waals surface area contributed by atoms with E-state index >= 15 is 0 Å². The molecule has 0 spiro atoms. The minimum atomic E-state index is -3.55. The number of hydrogen-bond acceptors (Lipinski definition) is 5. The Bertz CT molecular complexity index is 1030. The summed E-state index contributed by atoms with van der Waals surface area (Å²) in [4.78, 5) is 29.0. The van der Waals surface area contributed by atoms with E-state index in [1.54, 1.807) is 36.4 Å². The van der Waals surface area contributed by atoms with Gasteiger partial charge in [-0.25, -0.2) is 13.3 Å². The van der Waals surface area contributed by atoms with E-state index in [-0.39, 0.29) is 23.1 Å². The first kappa shape index (κ1) is 19.8. The largest absolute Gasteiger partial charge is 0.289 e. The van der Waals surface area contributed by atoms with Crippen molar-refractivity contribution in [2.75, 3.05) is 31.1 Å². The molecule has 2 amide bonds. The van der Waals surface area contributed by atoms with Gasteiger partial charge in [0.25, 0.3) is 5.91 Å². The molecule has 8 heteroatoms. The van der Waals surface area contributed by atoms with Crippen LogP contribution in [0.1, 0.15) is 12.0 Å². The van der Waals surface area contributed by atoms with E-state index in [0.29, 0.717) is 31.9 Å². The Kier molecular flexibility index (Phi) is 5.24. The van der Waals surface area contributed by atoms with Gasteiger partial charge in [0, 0.05) is 26.2 Å². The van der Waals surface area contributed by atoms with Gasteiger partial charge in [0.1, 0.15) is 0 Å². The third kappa shape index (κ3) is 3.59. The smallest absolute Gasteiger partial charge is 0.251 e. The van der Waals surface area contributed by atoms with E-state index in [1.807, 2.05) is 30.0 Å². The van der Waals surface area contributed by atoms with E-state index < -0.39 is 16.1 Å². The predicted octanol–water partition coefficient (Wildman–Crippen LogP) is 1.63. The average Bonchev–Trinajstić information content (AvgIpc) is 3.03. The number of piperazine rings is 1. The fourth-order valence-corrected chi connectivity index (χ4v) is 5.41. The van der Waals surface area contributed by atoms with Crippen LogP contribution in [0.2, 0.25) is 0 Å². The number of hydrogen-bond donors (Lipinski definition) is 0. The summed E-state index contributed by atoms with van der Waals surface area (Å²) in [7, 11) is -3.55. The Morgan fingerprint density at radius 2 is 1.48 bits per heavy atom. The molecular formula is C21H23N3O4S. The molecule has 2 aromatic carbocycles. The van der Waals surface area contributed by atoms with Crippen LogP contribution in [-0.2, 0) is 19.6 Å². The number of imide groups is 1. The molecule has 0 radical (unpaired) electrons. The van der Waals surface area contributed by atoms with Gasteiger partial charge in [-0.2, -0.15) is 4.31 Å². The SMILES string of the molecule is Cc1ccccc1N1C(=O)C[C@H](N2CCN(S(=O)(=O)c3ccccc3)CC2)C1=O. The van der Waals surface area contributed by atoms with Crippen molar-refractivity contribution >= 4 is 27.5 Å². The van der Waals surface area contributed by atoms with E-state index in [1.165, 1.54) is 9.21 Å². The van der Waals surface area contributed by atoms with Crippen molar-refractivity contribution in [3.05, 3.63) is 60.2 Å². The van der Waals surface area contributed by atoms with Crippen LogP contribution < -0.4 is 4.90 Å². The van der Waals surface area contributed by atoms with Gasteiger partial charge >= 0.3 is 0 Å². The maximum Gasteiger partial charge on any atom is 0.251 e. The zero-order valence-corrected chi connectivity index (χ0v) is 17.0. The number of para-hydroxylation sites is 1. The molecule has 2 aromatic rings. The molecule has 0 aliphatic carbocycles. The molecule has 0 bridgehead atoms. The van der Waals surface area contributed by atoms with Crippen LogP contribution in [0.15, 0.2) is 59.5 Å². The number of carbonyl (C=O) groups excluding carboxylic acids is 2. The highest BCUT2D eigenvalue weighted by molar-refractivity contribution is 7.89. The highest BCUT2D eigenvalue weighted by Gasteiger charge is 2.44. The van der Waals surface area contributed by atoms with Crippen LogP contribution in [0.4, 0.5) is 5.69 Å². The highest BCUT2D eigenvalue weighted by atomic mass is 32.2. The highest BCUT2D eigenvalue weighted by Crippen LogP contribution is 2.29. The van der Waals surface area contributed by atoms with Crippen LogP contribution in [0.5, 0.6) is 0 Å². The Balaban J connectivity index is 1.46. The van der Waals surface area contributed by atoms with E-state index in [9.17, 15) is 18.0 Å². The first-order valence-corrected chi connectivity index (χ1v) is 11.1. The van der Waals surface area contributed by atoms with Gasteiger partial charge in [-0.1, -0.05) is 36.4 Å². The summed E-state index contributed by atoms with van der Waals surface area (Å²) in [5, 5.41) is 0. The van der Waals surface area contributed by atoms with Crippen molar-refractivity contribution in [1.29, 1.82) is 0 Å². The number of nitrogens with zero attached hydrogens (tertiary/aromatic N) is 3. The number of sulfonamides is 1. The van der Waals surface area contributed by atoms with Gasteiger partial charge in [0.2, 0.25) is 15.9 Å². The van der Waals surface area contributed by atoms with Crippen molar-refractivity contribution in [1.82, 2.24) is 9.21 Å². The lowest BCUT2D eigenvalue weighted by Crippen LogP contribution is -2.53. The molecule has 7 nitrogen and oxygen atoms in total. The van der Waals surface area contributed by atoms with Crippen LogP contribution in [-0.4, -0.2) is 61.7 Å². The van der Waals surface area contributed by atoms with Crippen LogP contribution >= 0.6 is 0 Å². The topological polar surface area (TPSA) is 78.0 Å². The first-order valence-electron chi connectivity index (χ1n) is 9.61. The number of aryl methyl sites for hydroxylation is 1. The second-order valence-corrected chi connectivity index (χ2v) is 9.26. The molecule has 0 unspecified atom stereocenters. The van der Waals surface area contributed by atoms with Crippen molar-refractivity contribution in [3.63, 3.8) is 0 Å². The number of anilines is 1. The van der Waals surface area contributed by atoms with Gasteiger partial charge in [-0.3, -0.25) is 14.5 Å². The van der Waals surface area contributed by atoms with E-state index in [4.69, 9.17) is 0 Å². The average molecular weight is 413 g/mol. The summed E-state index contributed by atoms with van der Waals surface area (Å²) in [6.07, 6.45) is 0.124. The van der Waals surface area contributed by atoms with Crippen LogP contribution in [0.25, 0.3) is 0 Å². The van der Waals surface area contributed by atoms with E-state index in [0.717, 1.165) is 5.56 Å². The van der Waals surface area contributed by atoms with Gasteiger partial charge in [0.05, 0.1) is 23.0 Å². The maximum absolute atomic E-state index is 13.0. The third-order valence-electron chi connectivity index (χ3n) is 5.57. The minimum absolute atomic E-state index is 0.124. The fourth-order valence-electron chi connectivity index (χ4n) is 3.97. The summed E-state index contributed by atoms with van der Waals surface area (Å²) >= 11 is 0. The maximum atomic E-state index is 13.0. The molecule has 4 rings (SSSR count). The normalized spacial score (nSPS) is 21.7. The lowest BCUT2D eigenvalue weighted by Gasteiger charge is -2.36. The molecule has 0 N–H and O–H groups in total. The minimum Gasteiger partial charge on any atom is -0.289 e. The molecule has 29 heavy (non-hydrogen) atoms. The molecule has 2 aliphatic heterocycles. The Labute approximate surface area is 170 Å². The number of benzene rings is 2. The fraction of sp³-hybridized carbons (Fsp3) is 0.333. The standard InChI is InChI=1S/C21H23N3O4S/c1-16-7-5-6-10-18(16)24-20(25)15-19(21(24)26)22-11-13-23(14-12-22)29(27,28)17-8-3-2-4-9-17/h2-10,19H,11-15H2,1H3/t19-/m0/s1. The molecule has 2 aliphatic rings. The molecule has 2 heterocycles. The van der Waals surface area contributed by atoms with Crippen molar-refractivity contribution in [2.45, 2.75) is 24.3 Å². The Hall–Kier alpha value is -2.55. The second kappa shape index (κ2) is 7.70. The van der Waals surface area contributed by atoms with Gasteiger partial charge in [0.15, 0.2) is 0 Å². The quantitative estimate of drug-likeness (QED) is 0.712. The summed E-state index contributed by atoms with van der Waals surface area (Å²) in [5.74, 6) is -0.447. The molecule has 1 atom stereocenters. The lowest BCUT2D eigenvalue weighted by molar-refractivity contribution is -0.123. The summed E-state index contributed by atoms with van der Waals surface area (Å²) < 4.78 is 27.0. The van der Waals surface area contributed by atoms with Crippen LogP contribution in [0.3, 0.4) is 0 Å². The Morgan fingerprint density at radius 1 is 0.862 bits per heavy atom. The van der Waals surface area contributed by atoms with Crippen molar-refractivity contribution in [3.8, 4) is 0 Å². The molecule has 0 saturated carbocycles. The number of amides is 2.